The monoisotopic (exact) mass is 223 g/mol. The second kappa shape index (κ2) is 5.00. The van der Waals surface area contributed by atoms with Crippen LogP contribution in [-0.2, 0) is 19.9 Å². The van der Waals surface area contributed by atoms with Crippen LogP contribution in [0.5, 0.6) is 0 Å². The Morgan fingerprint density at radius 1 is 1.44 bits per heavy atom. The lowest BCUT2D eigenvalue weighted by molar-refractivity contribution is 0.304. The number of aromatic nitrogens is 2. The molecule has 0 aromatic carbocycles. The standard InChI is InChI=1S/C13H25N3/c1-6-10-9-11(16(5)15-10)7-8-12(14)13(2,3)4/h9,12H,6-8,14H2,1-5H3. The summed E-state index contributed by atoms with van der Waals surface area (Å²) in [6, 6.07) is 2.43. The number of nitrogens with zero attached hydrogens (tertiary/aromatic N) is 2. The highest BCUT2D eigenvalue weighted by molar-refractivity contribution is 5.10. The van der Waals surface area contributed by atoms with E-state index in [1.165, 1.54) is 11.4 Å². The van der Waals surface area contributed by atoms with Crippen LogP contribution < -0.4 is 5.73 Å². The molecule has 0 fully saturated rings. The van der Waals surface area contributed by atoms with E-state index < -0.39 is 0 Å². The molecule has 16 heavy (non-hydrogen) atoms. The Labute approximate surface area is 99.0 Å². The molecule has 1 rings (SSSR count). The molecule has 1 unspecified atom stereocenters. The van der Waals surface area contributed by atoms with E-state index in [-0.39, 0.29) is 11.5 Å². The van der Waals surface area contributed by atoms with Crippen molar-refractivity contribution in [3.05, 3.63) is 17.5 Å². The minimum absolute atomic E-state index is 0.187. The quantitative estimate of drug-likeness (QED) is 0.851. The number of hydrogen-bond acceptors (Lipinski definition) is 2. The van der Waals surface area contributed by atoms with Gasteiger partial charge in [-0.3, -0.25) is 4.68 Å². The Bertz CT molecular complexity index is 333. The lowest BCUT2D eigenvalue weighted by Crippen LogP contribution is -2.35. The van der Waals surface area contributed by atoms with E-state index in [4.69, 9.17) is 5.73 Å². The van der Waals surface area contributed by atoms with Gasteiger partial charge < -0.3 is 5.73 Å². The third-order valence-electron chi connectivity index (χ3n) is 3.21. The van der Waals surface area contributed by atoms with Crippen LogP contribution in [0.25, 0.3) is 0 Å². The summed E-state index contributed by atoms with van der Waals surface area (Å²) in [4.78, 5) is 0. The van der Waals surface area contributed by atoms with Gasteiger partial charge in [0.25, 0.3) is 0 Å². The third kappa shape index (κ3) is 3.34. The van der Waals surface area contributed by atoms with Crippen molar-refractivity contribution in [2.24, 2.45) is 18.2 Å². The fourth-order valence-corrected chi connectivity index (χ4v) is 1.71. The summed E-state index contributed by atoms with van der Waals surface area (Å²) in [5.74, 6) is 0. The largest absolute Gasteiger partial charge is 0.327 e. The average Bonchev–Trinajstić information content (AvgIpc) is 2.54. The molecule has 0 aliphatic carbocycles. The maximum atomic E-state index is 6.16. The van der Waals surface area contributed by atoms with Gasteiger partial charge in [-0.2, -0.15) is 5.10 Å². The van der Waals surface area contributed by atoms with Crippen LogP contribution in [0, 0.1) is 5.41 Å². The molecule has 1 aromatic rings. The van der Waals surface area contributed by atoms with Gasteiger partial charge in [-0.15, -0.1) is 0 Å². The Morgan fingerprint density at radius 3 is 2.50 bits per heavy atom. The second-order valence-electron chi connectivity index (χ2n) is 5.62. The highest BCUT2D eigenvalue weighted by atomic mass is 15.3. The Kier molecular flexibility index (Phi) is 4.14. The molecule has 2 N–H and O–H groups in total. The van der Waals surface area contributed by atoms with Crippen molar-refractivity contribution in [3.63, 3.8) is 0 Å². The molecule has 0 spiro atoms. The first kappa shape index (κ1) is 13.2. The van der Waals surface area contributed by atoms with Crippen molar-refractivity contribution < 1.29 is 0 Å². The summed E-state index contributed by atoms with van der Waals surface area (Å²) in [5.41, 5.74) is 8.80. The number of hydrogen-bond donors (Lipinski definition) is 1. The SMILES string of the molecule is CCc1cc(CCC(N)C(C)(C)C)n(C)n1. The first-order valence-electron chi connectivity index (χ1n) is 6.12. The van der Waals surface area contributed by atoms with Gasteiger partial charge in [0.1, 0.15) is 0 Å². The van der Waals surface area contributed by atoms with E-state index in [1.807, 2.05) is 11.7 Å². The summed E-state index contributed by atoms with van der Waals surface area (Å²) < 4.78 is 1.98. The normalized spacial score (nSPS) is 14.1. The molecular formula is C13H25N3. The second-order valence-corrected chi connectivity index (χ2v) is 5.62. The van der Waals surface area contributed by atoms with Gasteiger partial charge in [-0.1, -0.05) is 27.7 Å². The van der Waals surface area contributed by atoms with Crippen LogP contribution in [0.15, 0.2) is 6.07 Å². The smallest absolute Gasteiger partial charge is 0.0624 e. The predicted octanol–water partition coefficient (Wildman–Crippen LogP) is 2.29. The fourth-order valence-electron chi connectivity index (χ4n) is 1.71. The summed E-state index contributed by atoms with van der Waals surface area (Å²) >= 11 is 0. The maximum Gasteiger partial charge on any atom is 0.0624 e. The minimum Gasteiger partial charge on any atom is -0.327 e. The topological polar surface area (TPSA) is 43.8 Å². The van der Waals surface area contributed by atoms with Crippen LogP contribution in [0.4, 0.5) is 0 Å². The third-order valence-corrected chi connectivity index (χ3v) is 3.21. The summed E-state index contributed by atoms with van der Waals surface area (Å²) in [6.07, 6.45) is 3.04. The molecule has 0 radical (unpaired) electrons. The lowest BCUT2D eigenvalue weighted by Gasteiger charge is -2.26. The first-order chi connectivity index (χ1) is 7.34. The molecule has 3 nitrogen and oxygen atoms in total. The summed E-state index contributed by atoms with van der Waals surface area (Å²) in [6.45, 7) is 8.71. The highest BCUT2D eigenvalue weighted by Gasteiger charge is 2.20. The zero-order valence-electron chi connectivity index (χ0n) is 11.2. The van der Waals surface area contributed by atoms with Gasteiger partial charge in [-0.25, -0.2) is 0 Å². The highest BCUT2D eigenvalue weighted by Crippen LogP contribution is 2.21. The average molecular weight is 223 g/mol. The number of rotatable bonds is 4. The Balaban J connectivity index is 2.57. The van der Waals surface area contributed by atoms with Crippen LogP contribution >= 0.6 is 0 Å². The van der Waals surface area contributed by atoms with E-state index >= 15 is 0 Å². The fraction of sp³-hybridized carbons (Fsp3) is 0.769. The van der Waals surface area contributed by atoms with E-state index in [0.717, 1.165) is 19.3 Å². The molecule has 3 heteroatoms. The van der Waals surface area contributed by atoms with Gasteiger partial charge in [0.15, 0.2) is 0 Å². The molecule has 1 heterocycles. The van der Waals surface area contributed by atoms with Crippen LogP contribution in [0.2, 0.25) is 0 Å². The van der Waals surface area contributed by atoms with E-state index in [0.29, 0.717) is 0 Å². The van der Waals surface area contributed by atoms with Crippen molar-refractivity contribution in [1.29, 1.82) is 0 Å². The molecule has 0 bridgehead atoms. The maximum absolute atomic E-state index is 6.16. The van der Waals surface area contributed by atoms with Crippen molar-refractivity contribution in [2.75, 3.05) is 0 Å². The van der Waals surface area contributed by atoms with Gasteiger partial charge in [0, 0.05) is 18.8 Å². The lowest BCUT2D eigenvalue weighted by atomic mass is 9.84. The molecular weight excluding hydrogens is 198 g/mol. The summed E-state index contributed by atoms with van der Waals surface area (Å²) in [5, 5.41) is 4.45. The molecule has 1 atom stereocenters. The molecule has 92 valence electrons. The predicted molar refractivity (Wildman–Crippen MR) is 68.3 cm³/mol. The van der Waals surface area contributed by atoms with Crippen molar-refractivity contribution in [2.45, 2.75) is 53.0 Å². The van der Waals surface area contributed by atoms with Crippen LogP contribution in [0.1, 0.15) is 45.5 Å². The van der Waals surface area contributed by atoms with Crippen molar-refractivity contribution in [3.8, 4) is 0 Å². The van der Waals surface area contributed by atoms with Crippen molar-refractivity contribution >= 4 is 0 Å². The van der Waals surface area contributed by atoms with Crippen LogP contribution in [0.3, 0.4) is 0 Å². The molecule has 0 saturated heterocycles. The zero-order chi connectivity index (χ0) is 12.3. The molecule has 0 saturated carbocycles. The van der Waals surface area contributed by atoms with E-state index in [9.17, 15) is 0 Å². The minimum atomic E-state index is 0.187. The van der Waals surface area contributed by atoms with Gasteiger partial charge in [0.05, 0.1) is 5.69 Å². The molecule has 0 aliphatic heterocycles. The first-order valence-corrected chi connectivity index (χ1v) is 6.12. The van der Waals surface area contributed by atoms with E-state index in [1.54, 1.807) is 0 Å². The van der Waals surface area contributed by atoms with Gasteiger partial charge in [0.2, 0.25) is 0 Å². The van der Waals surface area contributed by atoms with Gasteiger partial charge >= 0.3 is 0 Å². The Hall–Kier alpha value is -0.830. The number of aryl methyl sites for hydroxylation is 3. The molecule has 1 aromatic heterocycles. The summed E-state index contributed by atoms with van der Waals surface area (Å²) in [7, 11) is 2.01. The van der Waals surface area contributed by atoms with E-state index in [2.05, 4.69) is 38.9 Å². The zero-order valence-corrected chi connectivity index (χ0v) is 11.2. The van der Waals surface area contributed by atoms with Crippen LogP contribution in [-0.4, -0.2) is 15.8 Å². The molecule has 0 aliphatic rings. The Morgan fingerprint density at radius 2 is 2.06 bits per heavy atom. The number of nitrogens with two attached hydrogens (primary N) is 1. The van der Waals surface area contributed by atoms with Crippen molar-refractivity contribution in [1.82, 2.24) is 9.78 Å². The van der Waals surface area contributed by atoms with Gasteiger partial charge in [-0.05, 0) is 30.7 Å². The molecule has 0 amide bonds.